The molecular formula is C41H47NO20. The highest BCUT2D eigenvalue weighted by Crippen LogP contribution is 2.70. The molecule has 62 heavy (non-hydrogen) atoms. The number of aliphatic hydroxyl groups is 2. The Kier molecular flexibility index (Phi) is 11.8. The smallest absolute Gasteiger partial charge is 0.341 e. The maximum absolute atomic E-state index is 14.6. The number of cyclic esters (lactones) is 1. The molecule has 13 atom stereocenters. The van der Waals surface area contributed by atoms with E-state index in [4.69, 9.17) is 47.0 Å². The van der Waals surface area contributed by atoms with Gasteiger partial charge in [0.05, 0.1) is 23.3 Å². The molecule has 21 nitrogen and oxygen atoms in total. The van der Waals surface area contributed by atoms with E-state index in [1.165, 1.54) is 32.2 Å². The Morgan fingerprint density at radius 3 is 1.94 bits per heavy atom. The van der Waals surface area contributed by atoms with E-state index in [0.29, 0.717) is 0 Å². The average molecular weight is 874 g/mol. The standard InChI is InChI=1S/C41H47NO20/c1-18-25-10-12-42-14-26(25)35(49)54-16-37(7)27-28(56-19(2)43)32(59-22(5)46)40(17-55-34(48)24-11-13-53-15-24)33(60-23(6)47)29(57-20(3)44)31(61-36(50)38(18,8)51)39(9,52)41(40,62-37)30(27)58-21(4)45/h10-15,18,27-33,51-52H,16-17H2,1-9H3/t18-,27+,28+,29-,30?,31-,32+,33-,37-,38+,39-,40+,41-/m0/s1. The van der Waals surface area contributed by atoms with Gasteiger partial charge in [0.2, 0.25) is 0 Å². The molecule has 2 aliphatic heterocycles. The molecule has 4 heterocycles. The Bertz CT molecular complexity index is 2170. The SMILES string of the molecule is CC(=O)OC1[C@H]2[C@@H](OC(C)=O)[C@@H](OC(C)=O)[C@]3(COC(=O)c4ccoc4)[C@@H](OC(C)=O)[C@@H](OC(C)=O)[C@@H]4OC(=O)[C@](C)(O)[C@@H](C)c5ccncc5C(=O)OC[C@]2(C)O[C@]13[C@@]4(C)O. The molecule has 4 bridgehead atoms. The van der Waals surface area contributed by atoms with Gasteiger partial charge in [-0.2, -0.15) is 0 Å². The van der Waals surface area contributed by atoms with E-state index in [-0.39, 0.29) is 16.7 Å². The van der Waals surface area contributed by atoms with Gasteiger partial charge in [0.1, 0.15) is 48.3 Å². The quantitative estimate of drug-likeness (QED) is 0.277. The summed E-state index contributed by atoms with van der Waals surface area (Å²) in [4.78, 5) is 113. The van der Waals surface area contributed by atoms with Crippen molar-refractivity contribution in [2.45, 2.75) is 127 Å². The molecule has 21 heteroatoms. The summed E-state index contributed by atoms with van der Waals surface area (Å²) in [5.41, 5.74) is -13.7. The maximum Gasteiger partial charge on any atom is 0.341 e. The van der Waals surface area contributed by atoms with Crippen molar-refractivity contribution in [1.82, 2.24) is 4.98 Å². The third kappa shape index (κ3) is 7.14. The molecule has 1 saturated heterocycles. The van der Waals surface area contributed by atoms with Crippen molar-refractivity contribution in [1.29, 1.82) is 0 Å². The Labute approximate surface area is 353 Å². The first-order chi connectivity index (χ1) is 28.9. The number of nitrogens with zero attached hydrogens (tertiary/aromatic N) is 1. The Hall–Kier alpha value is -5.93. The molecule has 2 aromatic rings. The number of carbonyl (C=O) groups is 8. The Morgan fingerprint density at radius 1 is 0.806 bits per heavy atom. The molecule has 2 aliphatic carbocycles. The van der Waals surface area contributed by atoms with Crippen molar-refractivity contribution >= 4 is 47.8 Å². The summed E-state index contributed by atoms with van der Waals surface area (Å²) >= 11 is 0. The summed E-state index contributed by atoms with van der Waals surface area (Å²) in [7, 11) is 0. The predicted molar refractivity (Wildman–Crippen MR) is 199 cm³/mol. The van der Waals surface area contributed by atoms with Gasteiger partial charge in [0.25, 0.3) is 0 Å². The number of hydrogen-bond acceptors (Lipinski definition) is 21. The minimum atomic E-state index is -2.99. The molecule has 4 aliphatic rings. The van der Waals surface area contributed by atoms with Crippen LogP contribution in [-0.4, -0.2) is 135 Å². The second kappa shape index (κ2) is 16.1. The van der Waals surface area contributed by atoms with Crippen molar-refractivity contribution in [3.8, 4) is 0 Å². The summed E-state index contributed by atoms with van der Waals surface area (Å²) in [6, 6.07) is 2.56. The van der Waals surface area contributed by atoms with Crippen molar-refractivity contribution < 1.29 is 95.6 Å². The molecule has 2 N–H and O–H groups in total. The minimum Gasteiger partial charge on any atom is -0.472 e. The van der Waals surface area contributed by atoms with Gasteiger partial charge in [-0.05, 0) is 38.5 Å². The second-order valence-corrected chi connectivity index (χ2v) is 16.4. The Morgan fingerprint density at radius 2 is 1.37 bits per heavy atom. The van der Waals surface area contributed by atoms with Crippen LogP contribution in [0.5, 0.6) is 0 Å². The molecule has 0 radical (unpaired) electrons. The summed E-state index contributed by atoms with van der Waals surface area (Å²) in [5, 5.41) is 25.6. The van der Waals surface area contributed by atoms with Crippen LogP contribution in [0.3, 0.4) is 0 Å². The van der Waals surface area contributed by atoms with Gasteiger partial charge < -0.3 is 57.3 Å². The first kappa shape index (κ1) is 45.6. The van der Waals surface area contributed by atoms with Gasteiger partial charge >= 0.3 is 47.8 Å². The van der Waals surface area contributed by atoms with Crippen molar-refractivity contribution in [3.63, 3.8) is 0 Å². The second-order valence-electron chi connectivity index (χ2n) is 16.4. The maximum atomic E-state index is 14.6. The molecule has 1 unspecified atom stereocenters. The number of ether oxygens (including phenoxy) is 9. The third-order valence-electron chi connectivity index (χ3n) is 12.3. The summed E-state index contributed by atoms with van der Waals surface area (Å²) in [6.07, 6.45) is -8.23. The topological polar surface area (TPSA) is 286 Å². The summed E-state index contributed by atoms with van der Waals surface area (Å²) in [6.45, 7) is 7.47. The largest absolute Gasteiger partial charge is 0.472 e. The van der Waals surface area contributed by atoms with Crippen LogP contribution in [0.2, 0.25) is 0 Å². The van der Waals surface area contributed by atoms with Crippen LogP contribution in [0.25, 0.3) is 0 Å². The van der Waals surface area contributed by atoms with E-state index in [1.807, 2.05) is 0 Å². The number of carbonyl (C=O) groups excluding carboxylic acids is 8. The van der Waals surface area contributed by atoms with Crippen LogP contribution in [0.1, 0.15) is 94.5 Å². The van der Waals surface area contributed by atoms with Crippen LogP contribution in [-0.2, 0) is 71.4 Å². The summed E-state index contributed by atoms with van der Waals surface area (Å²) < 4.78 is 59.7. The first-order valence-electron chi connectivity index (χ1n) is 19.4. The fourth-order valence-electron chi connectivity index (χ4n) is 9.72. The number of pyridine rings is 1. The van der Waals surface area contributed by atoms with Gasteiger partial charge in [-0.15, -0.1) is 0 Å². The van der Waals surface area contributed by atoms with Gasteiger partial charge in [0.15, 0.2) is 35.6 Å². The van der Waals surface area contributed by atoms with Gasteiger partial charge in [-0.25, -0.2) is 14.4 Å². The fourth-order valence-corrected chi connectivity index (χ4v) is 9.72. The number of furan rings is 1. The molecule has 2 saturated carbocycles. The number of esters is 8. The highest BCUT2D eigenvalue weighted by Gasteiger charge is 2.92. The van der Waals surface area contributed by atoms with E-state index in [0.717, 1.165) is 67.2 Å². The van der Waals surface area contributed by atoms with Crippen LogP contribution < -0.4 is 0 Å². The highest BCUT2D eigenvalue weighted by molar-refractivity contribution is 5.92. The lowest BCUT2D eigenvalue weighted by atomic mass is 9.45. The van der Waals surface area contributed by atoms with Crippen molar-refractivity contribution in [2.24, 2.45) is 11.3 Å². The molecule has 336 valence electrons. The molecular weight excluding hydrogens is 826 g/mol. The minimum absolute atomic E-state index is 0.0467. The zero-order valence-electron chi connectivity index (χ0n) is 35.2. The van der Waals surface area contributed by atoms with Crippen molar-refractivity contribution in [2.75, 3.05) is 13.2 Å². The Balaban J connectivity index is 1.80. The number of rotatable bonds is 8. The van der Waals surface area contributed by atoms with Crippen LogP contribution in [0.15, 0.2) is 41.5 Å². The zero-order chi connectivity index (χ0) is 45.9. The first-order valence-corrected chi connectivity index (χ1v) is 19.4. The number of hydrogen-bond donors (Lipinski definition) is 2. The van der Waals surface area contributed by atoms with E-state index >= 15 is 0 Å². The molecule has 0 aromatic carbocycles. The van der Waals surface area contributed by atoms with Gasteiger partial charge in [-0.3, -0.25) is 29.0 Å². The van der Waals surface area contributed by atoms with E-state index in [1.54, 1.807) is 0 Å². The third-order valence-corrected chi connectivity index (χ3v) is 12.3. The molecule has 3 fully saturated rings. The molecule has 0 amide bonds. The molecule has 6 rings (SSSR count). The molecule has 1 spiro atoms. The van der Waals surface area contributed by atoms with E-state index in [2.05, 4.69) is 4.98 Å². The van der Waals surface area contributed by atoms with Gasteiger partial charge in [-0.1, -0.05) is 6.92 Å². The van der Waals surface area contributed by atoms with E-state index < -0.39 is 137 Å². The average Bonchev–Trinajstić information content (AvgIpc) is 3.79. The van der Waals surface area contributed by atoms with Crippen LogP contribution in [0, 0.1) is 11.3 Å². The van der Waals surface area contributed by atoms with Gasteiger partial charge in [0, 0.05) is 52.9 Å². The van der Waals surface area contributed by atoms with E-state index in [9.17, 15) is 48.6 Å². The van der Waals surface area contributed by atoms with Crippen molar-refractivity contribution in [3.05, 3.63) is 53.7 Å². The highest BCUT2D eigenvalue weighted by atomic mass is 16.7. The van der Waals surface area contributed by atoms with Crippen LogP contribution >= 0.6 is 0 Å². The lowest BCUT2D eigenvalue weighted by molar-refractivity contribution is -0.387. The number of fused-ring (bicyclic) bond motifs is 5. The molecule has 2 aromatic heterocycles. The van der Waals surface area contributed by atoms with Crippen LogP contribution in [0.4, 0.5) is 0 Å². The predicted octanol–water partition coefficient (Wildman–Crippen LogP) is 1.04. The lowest BCUT2D eigenvalue weighted by Crippen LogP contribution is -2.89. The summed E-state index contributed by atoms with van der Waals surface area (Å²) in [5.74, 6) is -12.1. The monoisotopic (exact) mass is 873 g/mol. The lowest BCUT2D eigenvalue weighted by Gasteiger charge is -2.67. The fraction of sp³-hybridized carbons (Fsp3) is 0.585. The zero-order valence-corrected chi connectivity index (χ0v) is 35.2. The number of aromatic nitrogens is 1. The normalized spacial score (nSPS) is 37.3.